The number of ether oxygens (including phenoxy) is 2. The maximum absolute atomic E-state index is 12.4. The Morgan fingerprint density at radius 3 is 2.46 bits per heavy atom. The highest BCUT2D eigenvalue weighted by Gasteiger charge is 2.25. The molecule has 0 saturated carbocycles. The van der Waals surface area contributed by atoms with Crippen LogP contribution in [0.1, 0.15) is 35.5 Å². The van der Waals surface area contributed by atoms with Gasteiger partial charge in [0.2, 0.25) is 5.88 Å². The molecule has 2 rings (SSSR count). The average Bonchev–Trinajstić information content (AvgIpc) is 2.55. The van der Waals surface area contributed by atoms with Gasteiger partial charge in [-0.2, -0.15) is 5.26 Å². The summed E-state index contributed by atoms with van der Waals surface area (Å²) < 4.78 is 11.6. The van der Waals surface area contributed by atoms with Gasteiger partial charge in [-0.1, -0.05) is 28.1 Å². The van der Waals surface area contributed by atoms with Gasteiger partial charge in [-0.05, 0) is 38.5 Å². The Hall–Kier alpha value is -2.39. The van der Waals surface area contributed by atoms with Crippen molar-refractivity contribution in [2.45, 2.75) is 20.8 Å². The first-order valence-corrected chi connectivity index (χ1v) is 8.33. The lowest BCUT2D eigenvalue weighted by Gasteiger charge is -2.16. The maximum Gasteiger partial charge on any atom is 0.340 e. The molecule has 0 spiro atoms. The van der Waals surface area contributed by atoms with Gasteiger partial charge in [0, 0.05) is 10.0 Å². The molecule has 0 N–H and O–H groups in total. The van der Waals surface area contributed by atoms with E-state index in [1.54, 1.807) is 13.8 Å². The zero-order chi connectivity index (χ0) is 17.7. The van der Waals surface area contributed by atoms with E-state index in [2.05, 4.69) is 27.0 Å². The fraction of sp³-hybridized carbons (Fsp3) is 0.278. The summed E-state index contributed by atoms with van der Waals surface area (Å²) in [5.41, 5.74) is 2.20. The zero-order valence-electron chi connectivity index (χ0n) is 13.7. The average molecular weight is 389 g/mol. The van der Waals surface area contributed by atoms with Gasteiger partial charge < -0.3 is 9.47 Å². The van der Waals surface area contributed by atoms with Crippen LogP contribution in [0.2, 0.25) is 0 Å². The van der Waals surface area contributed by atoms with Crippen LogP contribution in [0.3, 0.4) is 0 Å². The van der Waals surface area contributed by atoms with Crippen molar-refractivity contribution in [1.82, 2.24) is 4.98 Å². The summed E-state index contributed by atoms with van der Waals surface area (Å²) >= 11 is 3.39. The Bertz CT molecular complexity index is 795. The first-order valence-electron chi connectivity index (χ1n) is 7.54. The SMILES string of the molecule is CCOC(=O)c1c(C)nc(OCC)c(C#N)c1-c1ccc(Br)cc1. The molecule has 0 aliphatic carbocycles. The number of nitriles is 1. The molecule has 6 heteroatoms. The van der Waals surface area contributed by atoms with Crippen molar-refractivity contribution < 1.29 is 14.3 Å². The van der Waals surface area contributed by atoms with Gasteiger partial charge in [0.05, 0.1) is 24.5 Å². The van der Waals surface area contributed by atoms with Crippen LogP contribution in [-0.2, 0) is 4.74 Å². The number of carbonyl (C=O) groups excluding carboxylic acids is 1. The Morgan fingerprint density at radius 1 is 1.25 bits per heavy atom. The van der Waals surface area contributed by atoms with E-state index < -0.39 is 5.97 Å². The molecular weight excluding hydrogens is 372 g/mol. The molecule has 2 aromatic rings. The van der Waals surface area contributed by atoms with Crippen LogP contribution in [0.5, 0.6) is 5.88 Å². The minimum Gasteiger partial charge on any atom is -0.477 e. The molecule has 0 aliphatic heterocycles. The van der Waals surface area contributed by atoms with Crippen LogP contribution in [0.25, 0.3) is 11.1 Å². The molecule has 0 fully saturated rings. The third-order valence-electron chi connectivity index (χ3n) is 3.35. The summed E-state index contributed by atoms with van der Waals surface area (Å²) in [6.45, 7) is 5.88. The molecule has 1 heterocycles. The second-order valence-corrected chi connectivity index (χ2v) is 5.82. The largest absolute Gasteiger partial charge is 0.477 e. The molecule has 5 nitrogen and oxygen atoms in total. The van der Waals surface area contributed by atoms with Crippen molar-refractivity contribution in [2.75, 3.05) is 13.2 Å². The van der Waals surface area contributed by atoms with Crippen LogP contribution in [0, 0.1) is 18.3 Å². The summed E-state index contributed by atoms with van der Waals surface area (Å²) in [6, 6.07) is 9.48. The molecule has 124 valence electrons. The molecule has 0 atom stereocenters. The van der Waals surface area contributed by atoms with Crippen molar-refractivity contribution in [1.29, 1.82) is 5.26 Å². The number of aryl methyl sites for hydroxylation is 1. The van der Waals surface area contributed by atoms with Gasteiger partial charge in [-0.15, -0.1) is 0 Å². The standard InChI is InChI=1S/C18H17BrN2O3/c1-4-23-17-14(10-20)16(12-6-8-13(19)9-7-12)15(11(3)21-17)18(22)24-5-2/h6-9H,4-5H2,1-3H3. The van der Waals surface area contributed by atoms with Crippen LogP contribution in [0.15, 0.2) is 28.7 Å². The number of nitrogens with zero attached hydrogens (tertiary/aromatic N) is 2. The number of benzene rings is 1. The second-order valence-electron chi connectivity index (χ2n) is 4.90. The van der Waals surface area contributed by atoms with Gasteiger partial charge in [0.15, 0.2) is 0 Å². The monoisotopic (exact) mass is 388 g/mol. The minimum absolute atomic E-state index is 0.225. The Kier molecular flexibility index (Phi) is 5.93. The van der Waals surface area contributed by atoms with Crippen molar-refractivity contribution in [3.8, 4) is 23.1 Å². The molecule has 0 aliphatic rings. The number of hydrogen-bond donors (Lipinski definition) is 0. The lowest BCUT2D eigenvalue weighted by molar-refractivity contribution is 0.0525. The van der Waals surface area contributed by atoms with Gasteiger partial charge in [0.1, 0.15) is 11.6 Å². The van der Waals surface area contributed by atoms with Gasteiger partial charge >= 0.3 is 5.97 Å². The number of rotatable bonds is 5. The number of halogens is 1. The van der Waals surface area contributed by atoms with Crippen molar-refractivity contribution in [2.24, 2.45) is 0 Å². The van der Waals surface area contributed by atoms with Crippen molar-refractivity contribution >= 4 is 21.9 Å². The number of esters is 1. The van der Waals surface area contributed by atoms with Crippen molar-refractivity contribution in [3.63, 3.8) is 0 Å². The summed E-state index contributed by atoms with van der Waals surface area (Å²) in [7, 11) is 0. The summed E-state index contributed by atoms with van der Waals surface area (Å²) in [6.07, 6.45) is 0. The molecule has 0 unspecified atom stereocenters. The molecular formula is C18H17BrN2O3. The quantitative estimate of drug-likeness (QED) is 0.715. The summed E-state index contributed by atoms with van der Waals surface area (Å²) in [5, 5.41) is 9.64. The third-order valence-corrected chi connectivity index (χ3v) is 3.88. The van der Waals surface area contributed by atoms with E-state index in [9.17, 15) is 10.1 Å². The predicted molar refractivity (Wildman–Crippen MR) is 94.0 cm³/mol. The number of pyridine rings is 1. The number of hydrogen-bond acceptors (Lipinski definition) is 5. The lowest BCUT2D eigenvalue weighted by Crippen LogP contribution is -2.13. The zero-order valence-corrected chi connectivity index (χ0v) is 15.3. The second kappa shape index (κ2) is 7.93. The van der Waals surface area contributed by atoms with Crippen molar-refractivity contribution in [3.05, 3.63) is 45.6 Å². The third kappa shape index (κ3) is 3.57. The van der Waals surface area contributed by atoms with Crippen LogP contribution < -0.4 is 4.74 Å². The van der Waals surface area contributed by atoms with E-state index in [1.165, 1.54) is 0 Å². The van der Waals surface area contributed by atoms with E-state index in [0.29, 0.717) is 23.4 Å². The Labute approximate surface area is 149 Å². The number of aromatic nitrogens is 1. The first kappa shape index (κ1) is 18.0. The highest BCUT2D eigenvalue weighted by Crippen LogP contribution is 2.35. The topological polar surface area (TPSA) is 72.2 Å². The summed E-state index contributed by atoms with van der Waals surface area (Å²) in [5.74, 6) is -0.275. The van der Waals surface area contributed by atoms with Crippen LogP contribution in [0.4, 0.5) is 0 Å². The molecule has 0 amide bonds. The Morgan fingerprint density at radius 2 is 1.92 bits per heavy atom. The smallest absolute Gasteiger partial charge is 0.340 e. The maximum atomic E-state index is 12.4. The molecule has 0 bridgehead atoms. The van der Waals surface area contributed by atoms with E-state index in [0.717, 1.165) is 10.0 Å². The molecule has 1 aromatic heterocycles. The first-order chi connectivity index (χ1) is 11.5. The molecule has 0 saturated heterocycles. The fourth-order valence-electron chi connectivity index (χ4n) is 2.38. The van der Waals surface area contributed by atoms with E-state index in [4.69, 9.17) is 9.47 Å². The van der Waals surface area contributed by atoms with Gasteiger partial charge in [-0.25, -0.2) is 9.78 Å². The molecule has 1 aromatic carbocycles. The molecule has 0 radical (unpaired) electrons. The highest BCUT2D eigenvalue weighted by atomic mass is 79.9. The van der Waals surface area contributed by atoms with Crippen LogP contribution in [-0.4, -0.2) is 24.2 Å². The van der Waals surface area contributed by atoms with E-state index >= 15 is 0 Å². The van der Waals surface area contributed by atoms with Gasteiger partial charge in [-0.3, -0.25) is 0 Å². The predicted octanol–water partition coefficient (Wildman–Crippen LogP) is 4.27. The number of carbonyl (C=O) groups is 1. The molecule has 24 heavy (non-hydrogen) atoms. The Balaban J connectivity index is 2.81. The van der Waals surface area contributed by atoms with E-state index in [1.807, 2.05) is 31.2 Å². The fourth-order valence-corrected chi connectivity index (χ4v) is 2.64. The van der Waals surface area contributed by atoms with Gasteiger partial charge in [0.25, 0.3) is 0 Å². The highest BCUT2D eigenvalue weighted by molar-refractivity contribution is 9.10. The van der Waals surface area contributed by atoms with Crippen LogP contribution >= 0.6 is 15.9 Å². The minimum atomic E-state index is -0.500. The summed E-state index contributed by atoms with van der Waals surface area (Å²) in [4.78, 5) is 16.7. The normalized spacial score (nSPS) is 10.1. The van der Waals surface area contributed by atoms with E-state index in [-0.39, 0.29) is 18.1 Å². The lowest BCUT2D eigenvalue weighted by atomic mass is 9.94.